The first-order valence-corrected chi connectivity index (χ1v) is 8.17. The van der Waals surface area contributed by atoms with Gasteiger partial charge >= 0.3 is 0 Å². The predicted molar refractivity (Wildman–Crippen MR) is 90.2 cm³/mol. The van der Waals surface area contributed by atoms with Gasteiger partial charge in [-0.1, -0.05) is 51.5 Å². The normalized spacial score (nSPS) is 11.2. The van der Waals surface area contributed by atoms with E-state index < -0.39 is 0 Å². The van der Waals surface area contributed by atoms with E-state index >= 15 is 0 Å². The zero-order valence-electron chi connectivity index (χ0n) is 12.7. The Morgan fingerprint density at radius 2 is 2.05 bits per heavy atom. The van der Waals surface area contributed by atoms with E-state index in [9.17, 15) is 4.79 Å². The summed E-state index contributed by atoms with van der Waals surface area (Å²) in [7, 11) is 0. The van der Waals surface area contributed by atoms with Crippen LogP contribution in [0.15, 0.2) is 18.7 Å². The highest BCUT2D eigenvalue weighted by Gasteiger charge is 2.15. The van der Waals surface area contributed by atoms with Gasteiger partial charge < -0.3 is 5.32 Å². The van der Waals surface area contributed by atoms with Crippen molar-refractivity contribution in [2.24, 2.45) is 0 Å². The van der Waals surface area contributed by atoms with Gasteiger partial charge in [0.1, 0.15) is 0 Å². The quantitative estimate of drug-likeness (QED) is 0.707. The number of hydrogen-bond acceptors (Lipinski definition) is 2. The lowest BCUT2D eigenvalue weighted by atomic mass is 10.1. The Morgan fingerprint density at radius 1 is 1.40 bits per heavy atom. The van der Waals surface area contributed by atoms with Crippen LogP contribution in [0, 0.1) is 0 Å². The van der Waals surface area contributed by atoms with E-state index in [0.717, 1.165) is 41.0 Å². The lowest BCUT2D eigenvalue weighted by molar-refractivity contribution is 0.0936. The van der Waals surface area contributed by atoms with Crippen molar-refractivity contribution in [3.8, 4) is 0 Å². The van der Waals surface area contributed by atoms with Crippen LogP contribution in [-0.4, -0.2) is 11.9 Å². The average Bonchev–Trinajstić information content (AvgIpc) is 2.83. The number of carbonyl (C=O) groups is 1. The standard InChI is InChI=1S/C17H25NOS/c1-5-9-13-12-16(20-15(13)8-4)17(19)18-14(10-6-2)11-7-3/h5,8-9,12,14H,4,6-7,10-11H2,1-3H3,(H,18,19)/b9-5-. The summed E-state index contributed by atoms with van der Waals surface area (Å²) in [6.07, 6.45) is 10.1. The molecule has 1 amide bonds. The van der Waals surface area contributed by atoms with Crippen LogP contribution in [0.2, 0.25) is 0 Å². The van der Waals surface area contributed by atoms with Gasteiger partial charge in [-0.05, 0) is 31.4 Å². The molecule has 1 aromatic heterocycles. The largest absolute Gasteiger partial charge is 0.349 e. The molecule has 1 heterocycles. The molecule has 0 aliphatic rings. The van der Waals surface area contributed by atoms with E-state index in [0.29, 0.717) is 0 Å². The molecule has 0 aliphatic carbocycles. The SMILES string of the molecule is C=Cc1sc(C(=O)NC(CCC)CCC)cc1/C=C\C. The molecule has 110 valence electrons. The van der Waals surface area contributed by atoms with Crippen molar-refractivity contribution < 1.29 is 4.79 Å². The fourth-order valence-corrected chi connectivity index (χ4v) is 3.15. The Bertz CT molecular complexity index is 467. The molecule has 0 saturated carbocycles. The van der Waals surface area contributed by atoms with Crippen molar-refractivity contribution >= 4 is 29.4 Å². The van der Waals surface area contributed by atoms with E-state index in [4.69, 9.17) is 0 Å². The number of carbonyl (C=O) groups excluding carboxylic acids is 1. The highest BCUT2D eigenvalue weighted by molar-refractivity contribution is 7.15. The first-order chi connectivity index (χ1) is 9.65. The van der Waals surface area contributed by atoms with Crippen LogP contribution in [0.3, 0.4) is 0 Å². The lowest BCUT2D eigenvalue weighted by Crippen LogP contribution is -2.34. The van der Waals surface area contributed by atoms with Crippen molar-refractivity contribution in [1.82, 2.24) is 5.32 Å². The molecule has 2 nitrogen and oxygen atoms in total. The molecule has 3 heteroatoms. The second kappa shape index (κ2) is 8.75. The van der Waals surface area contributed by atoms with Gasteiger partial charge in [-0.2, -0.15) is 0 Å². The fourth-order valence-electron chi connectivity index (χ4n) is 2.24. The summed E-state index contributed by atoms with van der Waals surface area (Å²) < 4.78 is 0. The highest BCUT2D eigenvalue weighted by Crippen LogP contribution is 2.25. The maximum absolute atomic E-state index is 12.3. The summed E-state index contributed by atoms with van der Waals surface area (Å²) in [5, 5.41) is 3.15. The molecule has 0 bridgehead atoms. The van der Waals surface area contributed by atoms with Gasteiger partial charge in [0.05, 0.1) is 4.88 Å². The second-order valence-electron chi connectivity index (χ2n) is 4.88. The number of rotatable bonds is 8. The Kier molecular flexibility index (Phi) is 7.31. The van der Waals surface area contributed by atoms with Crippen LogP contribution in [0.25, 0.3) is 12.2 Å². The monoisotopic (exact) mass is 291 g/mol. The molecule has 0 fully saturated rings. The van der Waals surface area contributed by atoms with E-state index in [2.05, 4.69) is 25.7 Å². The van der Waals surface area contributed by atoms with Gasteiger partial charge in [0.25, 0.3) is 5.91 Å². The van der Waals surface area contributed by atoms with Crippen molar-refractivity contribution in [2.45, 2.75) is 52.5 Å². The molecule has 1 aromatic rings. The summed E-state index contributed by atoms with van der Waals surface area (Å²) >= 11 is 1.50. The molecular weight excluding hydrogens is 266 g/mol. The van der Waals surface area contributed by atoms with Crippen LogP contribution in [0.4, 0.5) is 0 Å². The summed E-state index contributed by atoms with van der Waals surface area (Å²) in [6.45, 7) is 10.1. The summed E-state index contributed by atoms with van der Waals surface area (Å²) in [4.78, 5) is 14.2. The molecule has 0 unspecified atom stereocenters. The third-order valence-corrected chi connectivity index (χ3v) is 4.30. The van der Waals surface area contributed by atoms with Gasteiger partial charge in [0, 0.05) is 10.9 Å². The maximum Gasteiger partial charge on any atom is 0.261 e. The average molecular weight is 291 g/mol. The molecule has 0 saturated heterocycles. The Morgan fingerprint density at radius 3 is 2.55 bits per heavy atom. The topological polar surface area (TPSA) is 29.1 Å². The Hall–Kier alpha value is -1.35. The number of thiophene rings is 1. The van der Waals surface area contributed by atoms with E-state index in [1.807, 2.05) is 31.2 Å². The van der Waals surface area contributed by atoms with Gasteiger partial charge in [-0.3, -0.25) is 4.79 Å². The summed E-state index contributed by atoms with van der Waals surface area (Å²) in [5.74, 6) is 0.0424. The van der Waals surface area contributed by atoms with Crippen molar-refractivity contribution in [3.63, 3.8) is 0 Å². The number of allylic oxidation sites excluding steroid dienone is 1. The molecule has 0 radical (unpaired) electrons. The van der Waals surface area contributed by atoms with Crippen molar-refractivity contribution in [2.75, 3.05) is 0 Å². The minimum Gasteiger partial charge on any atom is -0.349 e. The first kappa shape index (κ1) is 16.7. The number of amides is 1. The molecular formula is C17H25NOS. The zero-order chi connectivity index (χ0) is 15.0. The van der Waals surface area contributed by atoms with Crippen molar-refractivity contribution in [3.05, 3.63) is 34.0 Å². The molecule has 0 aliphatic heterocycles. The van der Waals surface area contributed by atoms with Crippen LogP contribution >= 0.6 is 11.3 Å². The van der Waals surface area contributed by atoms with Gasteiger partial charge in [-0.25, -0.2) is 0 Å². The fraction of sp³-hybridized carbons (Fsp3) is 0.471. The third kappa shape index (κ3) is 4.64. The number of hydrogen-bond donors (Lipinski definition) is 1. The van der Waals surface area contributed by atoms with E-state index in [1.54, 1.807) is 0 Å². The second-order valence-corrected chi connectivity index (χ2v) is 5.97. The molecule has 1 rings (SSSR count). The molecule has 20 heavy (non-hydrogen) atoms. The lowest BCUT2D eigenvalue weighted by Gasteiger charge is -2.16. The van der Waals surface area contributed by atoms with E-state index in [-0.39, 0.29) is 11.9 Å². The van der Waals surface area contributed by atoms with Crippen LogP contribution in [0.5, 0.6) is 0 Å². The predicted octanol–water partition coefficient (Wildman–Crippen LogP) is 5.12. The molecule has 0 spiro atoms. The minimum atomic E-state index is 0.0424. The third-order valence-electron chi connectivity index (χ3n) is 3.16. The maximum atomic E-state index is 12.3. The Balaban J connectivity index is 2.83. The molecule has 0 aromatic carbocycles. The summed E-state index contributed by atoms with van der Waals surface area (Å²) in [5.41, 5.74) is 1.07. The van der Waals surface area contributed by atoms with Gasteiger partial charge in [0.15, 0.2) is 0 Å². The highest BCUT2D eigenvalue weighted by atomic mass is 32.1. The van der Waals surface area contributed by atoms with Gasteiger partial charge in [0.2, 0.25) is 0 Å². The zero-order valence-corrected chi connectivity index (χ0v) is 13.6. The smallest absolute Gasteiger partial charge is 0.261 e. The van der Waals surface area contributed by atoms with Crippen molar-refractivity contribution in [1.29, 1.82) is 0 Å². The number of nitrogens with one attached hydrogen (secondary N) is 1. The van der Waals surface area contributed by atoms with E-state index in [1.165, 1.54) is 11.3 Å². The molecule has 0 atom stereocenters. The minimum absolute atomic E-state index is 0.0424. The van der Waals surface area contributed by atoms with Crippen LogP contribution < -0.4 is 5.32 Å². The van der Waals surface area contributed by atoms with Crippen LogP contribution in [-0.2, 0) is 0 Å². The molecule has 1 N–H and O–H groups in total. The summed E-state index contributed by atoms with van der Waals surface area (Å²) in [6, 6.07) is 2.24. The first-order valence-electron chi connectivity index (χ1n) is 7.36. The van der Waals surface area contributed by atoms with Gasteiger partial charge in [-0.15, -0.1) is 11.3 Å². The van der Waals surface area contributed by atoms with Crippen LogP contribution in [0.1, 0.15) is 66.6 Å². The Labute approximate surface area is 126 Å².